The number of carbonyl (C=O) groups excluding carboxylic acids is 1. The van der Waals surface area contributed by atoms with Gasteiger partial charge in [-0.1, -0.05) is 0 Å². The van der Waals surface area contributed by atoms with Crippen LogP contribution in [0.4, 0.5) is 0 Å². The molecule has 24 heavy (non-hydrogen) atoms. The predicted molar refractivity (Wildman–Crippen MR) is 96.2 cm³/mol. The molecule has 0 fully saturated rings. The number of hydrogen-bond donors (Lipinski definition) is 1. The summed E-state index contributed by atoms with van der Waals surface area (Å²) in [5.41, 5.74) is 2.22. The summed E-state index contributed by atoms with van der Waals surface area (Å²) in [7, 11) is 2.22. The molecule has 1 heterocycles. The number of hydrogen-bond acceptors (Lipinski definition) is 6. The van der Waals surface area contributed by atoms with Gasteiger partial charge in [-0.2, -0.15) is 5.10 Å². The lowest BCUT2D eigenvalue weighted by Crippen LogP contribution is -2.37. The smallest absolute Gasteiger partial charge is 0.360 e. The Balaban J connectivity index is 2.41. The van der Waals surface area contributed by atoms with Crippen LogP contribution in [0.15, 0.2) is 6.07 Å². The van der Waals surface area contributed by atoms with Crippen molar-refractivity contribution in [1.29, 1.82) is 0 Å². The lowest BCUT2D eigenvalue weighted by atomic mass is 10.2. The second kappa shape index (κ2) is 12.1. The predicted octanol–water partition coefficient (Wildman–Crippen LogP) is 0.648. The van der Waals surface area contributed by atoms with E-state index in [-0.39, 0.29) is 5.97 Å². The fourth-order valence-electron chi connectivity index (χ4n) is 2.56. The fourth-order valence-corrected chi connectivity index (χ4v) is 2.56. The van der Waals surface area contributed by atoms with Crippen LogP contribution in [0.25, 0.3) is 0 Å². The summed E-state index contributed by atoms with van der Waals surface area (Å²) in [6.45, 7) is 10.7. The molecular weight excluding hydrogens is 307 g/mol. The van der Waals surface area contributed by atoms with Gasteiger partial charge in [0.2, 0.25) is 0 Å². The second-order valence-corrected chi connectivity index (χ2v) is 5.83. The van der Waals surface area contributed by atoms with E-state index < -0.39 is 0 Å². The van der Waals surface area contributed by atoms with Gasteiger partial charge in [0.05, 0.1) is 18.8 Å². The molecule has 0 aromatic carbocycles. The fraction of sp³-hybridized carbons (Fsp3) is 0.750. The number of nitrogens with zero attached hydrogens (tertiary/aromatic N) is 3. The Morgan fingerprint density at radius 2 is 2.17 bits per heavy atom. The van der Waals surface area contributed by atoms with Crippen molar-refractivity contribution in [3.63, 3.8) is 0 Å². The van der Waals surface area contributed by atoms with Crippen molar-refractivity contribution in [2.24, 2.45) is 0 Å². The van der Waals surface area contributed by atoms with E-state index in [9.17, 15) is 4.79 Å². The molecule has 0 aliphatic heterocycles. The number of nitrogens with one attached hydrogen (secondary N) is 1. The minimum absolute atomic E-state index is 0.117. The van der Waals surface area contributed by atoms with Gasteiger partial charge in [0, 0.05) is 32.3 Å². The van der Waals surface area contributed by atoms with Crippen molar-refractivity contribution < 1.29 is 14.2 Å². The monoisotopic (exact) mass is 338 g/mol. The molecule has 8 heteroatoms. The summed E-state index contributed by atoms with van der Waals surface area (Å²) in [6.07, 6.45) is 1.27. The van der Waals surface area contributed by atoms with Crippen molar-refractivity contribution in [3.05, 3.63) is 17.5 Å². The third-order valence-electron chi connectivity index (χ3n) is 3.74. The molecule has 0 radical (unpaired) electrons. The molecular formula is C16H31BN4O3. The maximum Gasteiger partial charge on any atom is 0.360 e. The molecule has 0 aliphatic rings. The maximum atomic E-state index is 11.5. The Morgan fingerprint density at radius 3 is 2.79 bits per heavy atom. The van der Waals surface area contributed by atoms with Gasteiger partial charge in [0.25, 0.3) is 0 Å². The van der Waals surface area contributed by atoms with E-state index in [1.54, 1.807) is 7.11 Å². The van der Waals surface area contributed by atoms with Gasteiger partial charge in [0.1, 0.15) is 0 Å². The van der Waals surface area contributed by atoms with Crippen LogP contribution in [-0.4, -0.2) is 68.2 Å². The van der Waals surface area contributed by atoms with Crippen LogP contribution < -0.4 is 5.23 Å². The molecule has 0 bridgehead atoms. The Labute approximate surface area is 146 Å². The number of aromatic nitrogens is 2. The highest BCUT2D eigenvalue weighted by Gasteiger charge is 2.09. The molecule has 1 aromatic rings. The zero-order chi connectivity index (χ0) is 17.8. The highest BCUT2D eigenvalue weighted by Crippen LogP contribution is 2.03. The van der Waals surface area contributed by atoms with Crippen molar-refractivity contribution >= 4 is 13.6 Å². The first-order valence-electron chi connectivity index (χ1n) is 8.65. The first-order chi connectivity index (χ1) is 11.6. The summed E-state index contributed by atoms with van der Waals surface area (Å²) in [6, 6.07) is 2.09. The highest BCUT2D eigenvalue weighted by molar-refractivity contribution is 6.23. The van der Waals surface area contributed by atoms with E-state index in [2.05, 4.69) is 28.2 Å². The molecule has 0 saturated carbocycles. The minimum atomic E-state index is -0.117. The van der Waals surface area contributed by atoms with Gasteiger partial charge in [-0.25, -0.2) is 0 Å². The van der Waals surface area contributed by atoms with Gasteiger partial charge in [-0.05, 0) is 46.3 Å². The molecule has 1 N–H and O–H groups in total. The van der Waals surface area contributed by atoms with E-state index in [0.717, 1.165) is 44.8 Å². The SMILES string of the molecule is CCOC(=O)CCCN(CCNBOC)CCn1nc(C)cc1C. The Morgan fingerprint density at radius 1 is 1.38 bits per heavy atom. The van der Waals surface area contributed by atoms with Crippen molar-refractivity contribution in [2.45, 2.75) is 40.2 Å². The van der Waals surface area contributed by atoms with Gasteiger partial charge in [-0.15, -0.1) is 0 Å². The first kappa shape index (κ1) is 20.7. The van der Waals surface area contributed by atoms with E-state index in [1.165, 1.54) is 5.69 Å². The topological polar surface area (TPSA) is 68.6 Å². The van der Waals surface area contributed by atoms with Crippen LogP contribution in [0.5, 0.6) is 0 Å². The molecule has 0 unspecified atom stereocenters. The van der Waals surface area contributed by atoms with Crippen molar-refractivity contribution in [3.8, 4) is 0 Å². The van der Waals surface area contributed by atoms with Crippen LogP contribution >= 0.6 is 0 Å². The van der Waals surface area contributed by atoms with Gasteiger partial charge in [-0.3, -0.25) is 9.48 Å². The number of carbonyl (C=O) groups is 1. The van der Waals surface area contributed by atoms with E-state index in [0.29, 0.717) is 20.6 Å². The van der Waals surface area contributed by atoms with Gasteiger partial charge < -0.3 is 19.5 Å². The van der Waals surface area contributed by atoms with Crippen LogP contribution in [0.3, 0.4) is 0 Å². The molecule has 0 aliphatic carbocycles. The van der Waals surface area contributed by atoms with Crippen LogP contribution in [-0.2, 0) is 20.7 Å². The first-order valence-corrected chi connectivity index (χ1v) is 8.65. The normalized spacial score (nSPS) is 11.0. The molecule has 1 rings (SSSR count). The third-order valence-corrected chi connectivity index (χ3v) is 3.74. The zero-order valence-electron chi connectivity index (χ0n) is 15.5. The second-order valence-electron chi connectivity index (χ2n) is 5.83. The Kier molecular flexibility index (Phi) is 10.4. The Hall–Kier alpha value is -1.38. The summed E-state index contributed by atoms with van der Waals surface area (Å²) in [5.74, 6) is -0.117. The number of esters is 1. The standard InChI is InChI=1S/C16H31BN4O3/c1-5-24-16(22)7-6-9-20(10-8-18-17-23-4)11-12-21-15(3)13-14(2)19-21/h13,17-18H,5-12H2,1-4H3. The maximum absolute atomic E-state index is 11.5. The third kappa shape index (κ3) is 8.47. The number of rotatable bonds is 13. The van der Waals surface area contributed by atoms with Crippen molar-refractivity contribution in [2.75, 3.05) is 39.9 Å². The molecule has 0 atom stereocenters. The molecule has 7 nitrogen and oxygen atoms in total. The zero-order valence-corrected chi connectivity index (χ0v) is 15.5. The van der Waals surface area contributed by atoms with Gasteiger partial charge >= 0.3 is 13.6 Å². The average molecular weight is 338 g/mol. The van der Waals surface area contributed by atoms with E-state index in [4.69, 9.17) is 9.39 Å². The highest BCUT2D eigenvalue weighted by atomic mass is 16.5. The van der Waals surface area contributed by atoms with Crippen molar-refractivity contribution in [1.82, 2.24) is 19.9 Å². The Bertz CT molecular complexity index is 482. The average Bonchev–Trinajstić information content (AvgIpc) is 2.86. The molecule has 0 spiro atoms. The molecule has 0 saturated heterocycles. The summed E-state index contributed by atoms with van der Waals surface area (Å²) < 4.78 is 12.0. The lowest BCUT2D eigenvalue weighted by molar-refractivity contribution is -0.143. The van der Waals surface area contributed by atoms with Crippen LogP contribution in [0, 0.1) is 13.8 Å². The van der Waals surface area contributed by atoms with Crippen LogP contribution in [0.1, 0.15) is 31.2 Å². The quantitative estimate of drug-likeness (QED) is 0.324. The largest absolute Gasteiger partial charge is 0.466 e. The summed E-state index contributed by atoms with van der Waals surface area (Å²) in [4.78, 5) is 13.8. The lowest BCUT2D eigenvalue weighted by Gasteiger charge is -2.22. The minimum Gasteiger partial charge on any atom is -0.466 e. The molecule has 1 aromatic heterocycles. The number of aryl methyl sites for hydroxylation is 2. The molecule has 136 valence electrons. The summed E-state index contributed by atoms with van der Waals surface area (Å²) >= 11 is 0. The van der Waals surface area contributed by atoms with E-state index in [1.807, 2.05) is 18.5 Å². The van der Waals surface area contributed by atoms with Crippen LogP contribution in [0.2, 0.25) is 0 Å². The number of ether oxygens (including phenoxy) is 1. The van der Waals surface area contributed by atoms with E-state index >= 15 is 0 Å². The van der Waals surface area contributed by atoms with Gasteiger partial charge in [0.15, 0.2) is 0 Å². The molecule has 0 amide bonds. The summed E-state index contributed by atoms with van der Waals surface area (Å²) in [5, 5.41) is 7.73.